The fraction of sp³-hybridized carbons (Fsp3) is 0.375. The molecule has 1 unspecified atom stereocenters. The second-order valence-corrected chi connectivity index (χ2v) is 3.00. The number of carbonyl (C=O) groups is 1. The Morgan fingerprint density at radius 1 is 1.58 bits per heavy atom. The van der Waals surface area contributed by atoms with Gasteiger partial charge < -0.3 is 4.79 Å². The first-order valence-corrected chi connectivity index (χ1v) is 4.03. The highest BCUT2D eigenvalue weighted by Crippen LogP contribution is 2.13. The van der Waals surface area contributed by atoms with Crippen LogP contribution in [0.15, 0.2) is 12.4 Å². The predicted molar refractivity (Wildman–Crippen MR) is 46.1 cm³/mol. The van der Waals surface area contributed by atoms with Crippen molar-refractivity contribution in [3.05, 3.63) is 23.2 Å². The number of hydrogen-bond acceptors (Lipinski definition) is 3. The van der Waals surface area contributed by atoms with Crippen molar-refractivity contribution in [3.63, 3.8) is 0 Å². The summed E-state index contributed by atoms with van der Waals surface area (Å²) in [5.74, 6) is 0.728. The zero-order valence-electron chi connectivity index (χ0n) is 6.70. The van der Waals surface area contributed by atoms with Gasteiger partial charge in [0.25, 0.3) is 0 Å². The maximum Gasteiger partial charge on any atom is 0.131 e. The molecule has 1 aromatic rings. The fourth-order valence-corrected chi connectivity index (χ4v) is 0.924. The lowest BCUT2D eigenvalue weighted by Crippen LogP contribution is -2.00. The third-order valence-electron chi connectivity index (χ3n) is 1.53. The molecule has 0 aliphatic heterocycles. The quantitative estimate of drug-likeness (QED) is 0.673. The van der Waals surface area contributed by atoms with E-state index in [0.29, 0.717) is 17.3 Å². The van der Waals surface area contributed by atoms with Crippen LogP contribution in [0.3, 0.4) is 0 Å². The van der Waals surface area contributed by atoms with E-state index in [4.69, 9.17) is 11.6 Å². The van der Waals surface area contributed by atoms with E-state index in [1.165, 1.54) is 12.4 Å². The smallest absolute Gasteiger partial charge is 0.131 e. The number of hydrogen-bond donors (Lipinski definition) is 0. The van der Waals surface area contributed by atoms with Crippen molar-refractivity contribution in [2.45, 2.75) is 19.3 Å². The van der Waals surface area contributed by atoms with Crippen LogP contribution in [-0.4, -0.2) is 16.3 Å². The molecule has 0 aliphatic rings. The second-order valence-electron chi connectivity index (χ2n) is 2.56. The zero-order valence-corrected chi connectivity index (χ0v) is 7.45. The highest BCUT2D eigenvalue weighted by Gasteiger charge is 2.06. The average Bonchev–Trinajstić information content (AvgIpc) is 2.06. The maximum absolute atomic E-state index is 10.2. The van der Waals surface area contributed by atoms with Gasteiger partial charge in [0, 0.05) is 24.7 Å². The lowest BCUT2D eigenvalue weighted by atomic mass is 10.1. The number of carbonyl (C=O) groups excluding carboxylic acids is 1. The topological polar surface area (TPSA) is 42.9 Å². The lowest BCUT2D eigenvalue weighted by Gasteiger charge is -2.04. The van der Waals surface area contributed by atoms with E-state index < -0.39 is 0 Å². The van der Waals surface area contributed by atoms with E-state index in [-0.39, 0.29) is 5.92 Å². The molecule has 0 bridgehead atoms. The molecule has 0 amide bonds. The van der Waals surface area contributed by atoms with E-state index in [2.05, 4.69) is 9.97 Å². The van der Waals surface area contributed by atoms with Crippen LogP contribution in [0, 0.1) is 0 Å². The molecule has 3 nitrogen and oxygen atoms in total. The van der Waals surface area contributed by atoms with Gasteiger partial charge in [0.1, 0.15) is 12.1 Å². The summed E-state index contributed by atoms with van der Waals surface area (Å²) in [7, 11) is 0. The average molecular weight is 185 g/mol. The third kappa shape index (κ3) is 2.27. The number of halogens is 1. The van der Waals surface area contributed by atoms with Crippen LogP contribution in [0.4, 0.5) is 0 Å². The number of aromatic nitrogens is 2. The Balaban J connectivity index is 2.74. The SMILES string of the molecule is CC(CC=O)c1ncc(Cl)cn1. The van der Waals surface area contributed by atoms with E-state index in [0.717, 1.165) is 6.29 Å². The van der Waals surface area contributed by atoms with E-state index in [9.17, 15) is 4.79 Å². The van der Waals surface area contributed by atoms with Gasteiger partial charge in [0.15, 0.2) is 0 Å². The molecule has 0 saturated heterocycles. The Bertz CT molecular complexity index is 260. The molecule has 0 aromatic carbocycles. The zero-order chi connectivity index (χ0) is 8.97. The molecule has 64 valence electrons. The van der Waals surface area contributed by atoms with Crippen LogP contribution in [0.2, 0.25) is 5.02 Å². The van der Waals surface area contributed by atoms with Gasteiger partial charge in [-0.2, -0.15) is 0 Å². The van der Waals surface area contributed by atoms with Crippen molar-refractivity contribution < 1.29 is 4.79 Å². The molecule has 0 N–H and O–H groups in total. The Hall–Kier alpha value is -0.960. The summed E-state index contributed by atoms with van der Waals surface area (Å²) in [6.07, 6.45) is 4.38. The van der Waals surface area contributed by atoms with Gasteiger partial charge in [-0.25, -0.2) is 9.97 Å². The van der Waals surface area contributed by atoms with E-state index >= 15 is 0 Å². The van der Waals surface area contributed by atoms with Crippen LogP contribution < -0.4 is 0 Å². The summed E-state index contributed by atoms with van der Waals surface area (Å²) >= 11 is 5.60. The first-order valence-electron chi connectivity index (χ1n) is 3.65. The van der Waals surface area contributed by atoms with Crippen LogP contribution >= 0.6 is 11.6 Å². The molecule has 0 radical (unpaired) electrons. The van der Waals surface area contributed by atoms with Crippen molar-refractivity contribution in [1.82, 2.24) is 9.97 Å². The first-order chi connectivity index (χ1) is 5.74. The lowest BCUT2D eigenvalue weighted by molar-refractivity contribution is -0.108. The van der Waals surface area contributed by atoms with Crippen LogP contribution in [0.5, 0.6) is 0 Å². The Morgan fingerprint density at radius 3 is 2.67 bits per heavy atom. The molecule has 4 heteroatoms. The Labute approximate surface area is 75.8 Å². The predicted octanol–water partition coefficient (Wildman–Crippen LogP) is 1.82. The molecule has 1 heterocycles. The molecule has 12 heavy (non-hydrogen) atoms. The second kappa shape index (κ2) is 4.16. The van der Waals surface area contributed by atoms with E-state index in [1.807, 2.05) is 6.92 Å². The van der Waals surface area contributed by atoms with Gasteiger partial charge in [-0.1, -0.05) is 18.5 Å². The molecule has 0 saturated carbocycles. The van der Waals surface area contributed by atoms with Gasteiger partial charge in [0.2, 0.25) is 0 Å². The fourth-order valence-electron chi connectivity index (χ4n) is 0.826. The highest BCUT2D eigenvalue weighted by molar-refractivity contribution is 6.30. The van der Waals surface area contributed by atoms with Crippen molar-refractivity contribution in [3.8, 4) is 0 Å². The van der Waals surface area contributed by atoms with Crippen LogP contribution in [0.25, 0.3) is 0 Å². The summed E-state index contributed by atoms with van der Waals surface area (Å²) < 4.78 is 0. The minimum atomic E-state index is 0.0692. The summed E-state index contributed by atoms with van der Waals surface area (Å²) in [6.45, 7) is 1.90. The molecule has 0 fully saturated rings. The van der Waals surface area contributed by atoms with Crippen molar-refractivity contribution in [2.24, 2.45) is 0 Å². The molecule has 1 atom stereocenters. The first kappa shape index (κ1) is 9.13. The summed E-state index contributed by atoms with van der Waals surface area (Å²) in [4.78, 5) is 18.2. The minimum absolute atomic E-state index is 0.0692. The summed E-state index contributed by atoms with van der Waals surface area (Å²) in [6, 6.07) is 0. The minimum Gasteiger partial charge on any atom is -0.303 e. The van der Waals surface area contributed by atoms with Crippen molar-refractivity contribution in [1.29, 1.82) is 0 Å². The Morgan fingerprint density at radius 2 is 2.17 bits per heavy atom. The molecule has 1 rings (SSSR count). The van der Waals surface area contributed by atoms with Crippen LogP contribution in [-0.2, 0) is 4.79 Å². The Kier molecular flexibility index (Phi) is 3.17. The molecular formula is C8H9ClN2O. The van der Waals surface area contributed by atoms with Gasteiger partial charge >= 0.3 is 0 Å². The highest BCUT2D eigenvalue weighted by atomic mass is 35.5. The van der Waals surface area contributed by atoms with Gasteiger partial charge in [-0.3, -0.25) is 0 Å². The van der Waals surface area contributed by atoms with Crippen molar-refractivity contribution >= 4 is 17.9 Å². The number of rotatable bonds is 3. The number of nitrogens with zero attached hydrogens (tertiary/aromatic N) is 2. The van der Waals surface area contributed by atoms with E-state index in [1.54, 1.807) is 0 Å². The van der Waals surface area contributed by atoms with Gasteiger partial charge in [-0.15, -0.1) is 0 Å². The standard InChI is InChI=1S/C8H9ClN2O/c1-6(2-3-12)8-10-4-7(9)5-11-8/h3-6H,2H2,1H3. The third-order valence-corrected chi connectivity index (χ3v) is 1.73. The van der Waals surface area contributed by atoms with Crippen LogP contribution in [0.1, 0.15) is 25.1 Å². The molecule has 0 spiro atoms. The monoisotopic (exact) mass is 184 g/mol. The molecular weight excluding hydrogens is 176 g/mol. The maximum atomic E-state index is 10.2. The summed E-state index contributed by atoms with van der Waals surface area (Å²) in [5.41, 5.74) is 0. The largest absolute Gasteiger partial charge is 0.303 e. The summed E-state index contributed by atoms with van der Waals surface area (Å²) in [5, 5.41) is 0.511. The van der Waals surface area contributed by atoms with Gasteiger partial charge in [0.05, 0.1) is 5.02 Å². The molecule has 0 aliphatic carbocycles. The normalized spacial score (nSPS) is 12.5. The number of aldehydes is 1. The van der Waals surface area contributed by atoms with Crippen molar-refractivity contribution in [2.75, 3.05) is 0 Å². The van der Waals surface area contributed by atoms with Gasteiger partial charge in [-0.05, 0) is 0 Å². The molecule has 1 aromatic heterocycles.